The maximum absolute atomic E-state index is 5.89. The SMILES string of the molecule is c1ccc(-c2cnc(NC3CCOC(C4CC4)C3)s2)cc1. The molecule has 2 heterocycles. The lowest BCUT2D eigenvalue weighted by atomic mass is 10.0. The Morgan fingerprint density at radius 3 is 2.81 bits per heavy atom. The van der Waals surface area contributed by atoms with Gasteiger partial charge in [0.1, 0.15) is 0 Å². The van der Waals surface area contributed by atoms with E-state index in [4.69, 9.17) is 4.74 Å². The molecular weight excluding hydrogens is 280 g/mol. The van der Waals surface area contributed by atoms with E-state index in [0.717, 1.165) is 30.5 Å². The zero-order valence-corrected chi connectivity index (χ0v) is 12.8. The number of benzene rings is 1. The second-order valence-electron chi connectivity index (χ2n) is 6.01. The van der Waals surface area contributed by atoms with Crippen LogP contribution in [0.15, 0.2) is 36.5 Å². The monoisotopic (exact) mass is 300 g/mol. The number of nitrogens with one attached hydrogen (secondary N) is 1. The summed E-state index contributed by atoms with van der Waals surface area (Å²) in [4.78, 5) is 5.76. The van der Waals surface area contributed by atoms with Crippen LogP contribution >= 0.6 is 11.3 Å². The van der Waals surface area contributed by atoms with Gasteiger partial charge >= 0.3 is 0 Å². The summed E-state index contributed by atoms with van der Waals surface area (Å²) in [5.41, 5.74) is 1.24. The number of hydrogen-bond donors (Lipinski definition) is 1. The Labute approximate surface area is 129 Å². The minimum atomic E-state index is 0.477. The van der Waals surface area contributed by atoms with Crippen molar-refractivity contribution in [2.45, 2.75) is 37.8 Å². The lowest BCUT2D eigenvalue weighted by Crippen LogP contribution is -2.35. The van der Waals surface area contributed by atoms with Gasteiger partial charge in [-0.3, -0.25) is 0 Å². The molecule has 21 heavy (non-hydrogen) atoms. The Kier molecular flexibility index (Phi) is 3.65. The van der Waals surface area contributed by atoms with E-state index in [1.807, 2.05) is 12.3 Å². The predicted octanol–water partition coefficient (Wildman–Crippen LogP) is 4.18. The third-order valence-electron chi connectivity index (χ3n) is 4.35. The van der Waals surface area contributed by atoms with E-state index in [-0.39, 0.29) is 0 Å². The van der Waals surface area contributed by atoms with Crippen molar-refractivity contribution in [3.05, 3.63) is 36.5 Å². The molecule has 0 amide bonds. The molecule has 2 unspecified atom stereocenters. The van der Waals surface area contributed by atoms with E-state index in [1.165, 1.54) is 23.3 Å². The molecule has 2 aliphatic rings. The summed E-state index contributed by atoms with van der Waals surface area (Å²) >= 11 is 1.74. The summed E-state index contributed by atoms with van der Waals surface area (Å²) in [5, 5.41) is 4.65. The van der Waals surface area contributed by atoms with Crippen LogP contribution in [0, 0.1) is 5.92 Å². The molecule has 0 bridgehead atoms. The fourth-order valence-corrected chi connectivity index (χ4v) is 3.91. The van der Waals surface area contributed by atoms with E-state index < -0.39 is 0 Å². The van der Waals surface area contributed by atoms with Crippen molar-refractivity contribution in [3.8, 4) is 10.4 Å². The first-order valence-electron chi connectivity index (χ1n) is 7.78. The van der Waals surface area contributed by atoms with Gasteiger partial charge in [-0.15, -0.1) is 0 Å². The summed E-state index contributed by atoms with van der Waals surface area (Å²) in [6, 6.07) is 11.0. The second kappa shape index (κ2) is 5.78. The molecule has 1 N–H and O–H groups in total. The zero-order valence-electron chi connectivity index (χ0n) is 12.0. The first-order valence-corrected chi connectivity index (χ1v) is 8.59. The van der Waals surface area contributed by atoms with Gasteiger partial charge in [-0.2, -0.15) is 0 Å². The lowest BCUT2D eigenvalue weighted by Gasteiger charge is -2.30. The van der Waals surface area contributed by atoms with Crippen molar-refractivity contribution in [1.29, 1.82) is 0 Å². The molecule has 110 valence electrons. The number of thiazole rings is 1. The zero-order chi connectivity index (χ0) is 14.1. The molecule has 2 fully saturated rings. The van der Waals surface area contributed by atoms with Gasteiger partial charge in [0.05, 0.1) is 11.0 Å². The molecule has 1 saturated heterocycles. The Balaban J connectivity index is 1.42. The maximum atomic E-state index is 5.89. The summed E-state index contributed by atoms with van der Waals surface area (Å²) in [5.74, 6) is 0.825. The highest BCUT2D eigenvalue weighted by molar-refractivity contribution is 7.18. The van der Waals surface area contributed by atoms with Gasteiger partial charge in [0.2, 0.25) is 0 Å². The summed E-state index contributed by atoms with van der Waals surface area (Å²) in [6.07, 6.45) is 7.37. The van der Waals surface area contributed by atoms with E-state index >= 15 is 0 Å². The molecule has 1 aromatic carbocycles. The number of anilines is 1. The lowest BCUT2D eigenvalue weighted by molar-refractivity contribution is -0.00218. The Morgan fingerprint density at radius 1 is 1.14 bits per heavy atom. The first kappa shape index (κ1) is 13.3. The Bertz CT molecular complexity index is 594. The average molecular weight is 300 g/mol. The van der Waals surface area contributed by atoms with Gasteiger partial charge in [-0.1, -0.05) is 41.7 Å². The smallest absolute Gasteiger partial charge is 0.183 e. The van der Waals surface area contributed by atoms with Gasteiger partial charge < -0.3 is 10.1 Å². The van der Waals surface area contributed by atoms with Gasteiger partial charge in [0.15, 0.2) is 5.13 Å². The normalized spacial score (nSPS) is 25.7. The van der Waals surface area contributed by atoms with E-state index in [0.29, 0.717) is 12.1 Å². The van der Waals surface area contributed by atoms with Crippen molar-refractivity contribution < 1.29 is 4.74 Å². The predicted molar refractivity (Wildman–Crippen MR) is 86.7 cm³/mol. The minimum absolute atomic E-state index is 0.477. The second-order valence-corrected chi connectivity index (χ2v) is 7.04. The third-order valence-corrected chi connectivity index (χ3v) is 5.33. The van der Waals surface area contributed by atoms with Crippen LogP contribution in [-0.4, -0.2) is 23.7 Å². The fourth-order valence-electron chi connectivity index (χ4n) is 3.01. The molecule has 1 saturated carbocycles. The number of ether oxygens (including phenoxy) is 1. The largest absolute Gasteiger partial charge is 0.378 e. The molecule has 4 heteroatoms. The molecule has 0 radical (unpaired) electrons. The van der Waals surface area contributed by atoms with Crippen molar-refractivity contribution in [2.24, 2.45) is 5.92 Å². The molecular formula is C17H20N2OS. The van der Waals surface area contributed by atoms with E-state index in [1.54, 1.807) is 11.3 Å². The Hall–Kier alpha value is -1.39. The number of rotatable bonds is 4. The van der Waals surface area contributed by atoms with Crippen molar-refractivity contribution in [3.63, 3.8) is 0 Å². The number of hydrogen-bond acceptors (Lipinski definition) is 4. The van der Waals surface area contributed by atoms with Crippen molar-refractivity contribution in [1.82, 2.24) is 4.98 Å². The van der Waals surface area contributed by atoms with Crippen LogP contribution in [0.25, 0.3) is 10.4 Å². The molecule has 2 aromatic rings. The Morgan fingerprint density at radius 2 is 2.00 bits per heavy atom. The highest BCUT2D eigenvalue weighted by Crippen LogP contribution is 2.39. The molecule has 1 aliphatic heterocycles. The molecule has 1 aliphatic carbocycles. The molecule has 1 aromatic heterocycles. The molecule has 4 rings (SSSR count). The first-order chi connectivity index (χ1) is 10.4. The average Bonchev–Trinajstić information content (AvgIpc) is 3.29. The topological polar surface area (TPSA) is 34.2 Å². The van der Waals surface area contributed by atoms with Gasteiger partial charge in [-0.05, 0) is 37.2 Å². The van der Waals surface area contributed by atoms with Crippen LogP contribution in [0.5, 0.6) is 0 Å². The number of nitrogens with zero attached hydrogens (tertiary/aromatic N) is 1. The van der Waals surface area contributed by atoms with Crippen LogP contribution in [-0.2, 0) is 4.74 Å². The quantitative estimate of drug-likeness (QED) is 0.919. The maximum Gasteiger partial charge on any atom is 0.183 e. The third kappa shape index (κ3) is 3.11. The van der Waals surface area contributed by atoms with Gasteiger partial charge in [0, 0.05) is 18.8 Å². The van der Waals surface area contributed by atoms with E-state index in [9.17, 15) is 0 Å². The van der Waals surface area contributed by atoms with Gasteiger partial charge in [0.25, 0.3) is 0 Å². The summed E-state index contributed by atoms with van der Waals surface area (Å²) < 4.78 is 5.89. The highest BCUT2D eigenvalue weighted by atomic mass is 32.1. The van der Waals surface area contributed by atoms with Crippen LogP contribution in [0.1, 0.15) is 25.7 Å². The van der Waals surface area contributed by atoms with Crippen LogP contribution in [0.3, 0.4) is 0 Å². The van der Waals surface area contributed by atoms with Gasteiger partial charge in [-0.25, -0.2) is 4.98 Å². The summed E-state index contributed by atoms with van der Waals surface area (Å²) in [7, 11) is 0. The standard InChI is InChI=1S/C17H20N2OS/c1-2-4-13(5-3-1)16-11-18-17(21-16)19-14-8-9-20-15(10-14)12-6-7-12/h1-5,11-12,14-15H,6-10H2,(H,18,19). The molecule has 0 spiro atoms. The summed E-state index contributed by atoms with van der Waals surface area (Å²) in [6.45, 7) is 0.885. The molecule has 2 atom stereocenters. The van der Waals surface area contributed by atoms with Crippen LogP contribution in [0.2, 0.25) is 0 Å². The minimum Gasteiger partial charge on any atom is -0.378 e. The fraction of sp³-hybridized carbons (Fsp3) is 0.471. The van der Waals surface area contributed by atoms with Crippen molar-refractivity contribution in [2.75, 3.05) is 11.9 Å². The molecule has 3 nitrogen and oxygen atoms in total. The van der Waals surface area contributed by atoms with Crippen molar-refractivity contribution >= 4 is 16.5 Å². The number of aromatic nitrogens is 1. The highest BCUT2D eigenvalue weighted by Gasteiger charge is 2.35. The van der Waals surface area contributed by atoms with E-state index in [2.05, 4.69) is 34.6 Å². The van der Waals surface area contributed by atoms with Crippen LogP contribution in [0.4, 0.5) is 5.13 Å². The van der Waals surface area contributed by atoms with Crippen LogP contribution < -0.4 is 5.32 Å².